The molecule has 14 N–H and O–H groups in total. The summed E-state index contributed by atoms with van der Waals surface area (Å²) in [6, 6.07) is 4.52. The van der Waals surface area contributed by atoms with E-state index in [1.54, 1.807) is 102 Å². The molecule has 0 saturated heterocycles. The van der Waals surface area contributed by atoms with E-state index in [-0.39, 0.29) is 37.5 Å². The van der Waals surface area contributed by atoms with Crippen molar-refractivity contribution in [2.75, 3.05) is 0 Å². The van der Waals surface area contributed by atoms with Gasteiger partial charge in [0, 0.05) is 29.9 Å². The summed E-state index contributed by atoms with van der Waals surface area (Å²) < 4.78 is 0. The number of hydrogen-bond donors (Lipinski definition) is 12. The maximum absolute atomic E-state index is 14.5. The summed E-state index contributed by atoms with van der Waals surface area (Å²) in [5.74, 6) is -10.7. The molecule has 1 aromatic heterocycles. The van der Waals surface area contributed by atoms with Crippen molar-refractivity contribution in [3.8, 4) is 0 Å². The number of fused-ring (bicyclic) bond motifs is 1. The summed E-state index contributed by atoms with van der Waals surface area (Å²) in [6.07, 6.45) is 0.0968. The summed E-state index contributed by atoms with van der Waals surface area (Å²) in [5.41, 5.74) is 13.2. The number of carboxylic acids is 2. The summed E-state index contributed by atoms with van der Waals surface area (Å²) in [7, 11) is 0. The molecule has 22 heteroatoms. The number of nitrogens with one attached hydrogen (secondary N) is 8. The van der Waals surface area contributed by atoms with Gasteiger partial charge in [0.1, 0.15) is 42.3 Å². The van der Waals surface area contributed by atoms with Crippen LogP contribution in [0.3, 0.4) is 0 Å². The van der Waals surface area contributed by atoms with Crippen molar-refractivity contribution < 1.29 is 58.2 Å². The highest BCUT2D eigenvalue weighted by atomic mass is 16.4. The molecule has 0 radical (unpaired) electrons. The van der Waals surface area contributed by atoms with Crippen LogP contribution in [0.2, 0.25) is 0 Å². The van der Waals surface area contributed by atoms with Crippen LogP contribution in [0, 0.1) is 17.8 Å². The van der Waals surface area contributed by atoms with Crippen LogP contribution in [0.5, 0.6) is 0 Å². The van der Waals surface area contributed by atoms with Crippen LogP contribution in [0.1, 0.15) is 85.3 Å². The maximum Gasteiger partial charge on any atom is 0.325 e. The zero-order chi connectivity index (χ0) is 52.4. The third-order valence-corrected chi connectivity index (χ3v) is 11.1. The number of primary amides is 1. The van der Waals surface area contributed by atoms with Gasteiger partial charge in [0.15, 0.2) is 0 Å². The lowest BCUT2D eigenvalue weighted by Crippen LogP contribution is -2.61. The minimum atomic E-state index is -1.71. The van der Waals surface area contributed by atoms with Gasteiger partial charge in [-0.05, 0) is 54.7 Å². The van der Waals surface area contributed by atoms with Gasteiger partial charge in [0.05, 0.1) is 18.9 Å². The van der Waals surface area contributed by atoms with Crippen molar-refractivity contribution >= 4 is 70.1 Å². The van der Waals surface area contributed by atoms with Gasteiger partial charge in [-0.2, -0.15) is 0 Å². The average molecular weight is 977 g/mol. The number of aliphatic carboxylic acids is 2. The number of H-pyrrole nitrogens is 1. The smallest absolute Gasteiger partial charge is 0.325 e. The first-order valence-electron chi connectivity index (χ1n) is 23.1. The third kappa shape index (κ3) is 18.3. The standard InChI is InChI=1S/C48H68N10O12/c1-24(2)17-33(42(63)52-27(7)48(69)70)54-43(64)34(18-25(3)4)55-44(65)36(20-29-23-51-32-16-12-11-15-30(29)32)56-45(66)37(22-38(50)59)57-47(68)40(26(5)6)58-46(67)35(19-28-13-9-8-10-14-28)53-41(62)31(49)21-39(60)61/h8-16,23-27,31,33-37,40,51H,17-22,49H2,1-7H3,(H2,50,59)(H,52,63)(H,53,62)(H,54,64)(H,55,65)(H,56,66)(H,57,68)(H,58,67)(H,60,61)(H,69,70)/t27-,31-,33-,34-,35-,36-,37-,40-/m0/s1. The number of aromatic amines is 1. The van der Waals surface area contributed by atoms with Gasteiger partial charge in [-0.1, -0.05) is 90.1 Å². The van der Waals surface area contributed by atoms with Crippen molar-refractivity contribution in [2.45, 2.75) is 135 Å². The lowest BCUT2D eigenvalue weighted by molar-refractivity contribution is -0.142. The molecule has 0 aliphatic carbocycles. The topological polar surface area (TPSA) is 363 Å². The Morgan fingerprint density at radius 2 is 1.01 bits per heavy atom. The molecule has 382 valence electrons. The van der Waals surface area contributed by atoms with E-state index in [1.165, 1.54) is 6.92 Å². The number of rotatable bonds is 28. The predicted molar refractivity (Wildman–Crippen MR) is 257 cm³/mol. The van der Waals surface area contributed by atoms with Crippen LogP contribution >= 0.6 is 0 Å². The summed E-state index contributed by atoms with van der Waals surface area (Å²) in [6.45, 7) is 11.6. The summed E-state index contributed by atoms with van der Waals surface area (Å²) >= 11 is 0. The van der Waals surface area contributed by atoms with Crippen molar-refractivity contribution in [3.05, 3.63) is 71.9 Å². The van der Waals surface area contributed by atoms with Gasteiger partial charge in [-0.3, -0.25) is 47.9 Å². The number of aromatic nitrogens is 1. The Balaban J connectivity index is 1.95. The van der Waals surface area contributed by atoms with Crippen molar-refractivity contribution in [1.29, 1.82) is 0 Å². The minimum Gasteiger partial charge on any atom is -0.481 e. The van der Waals surface area contributed by atoms with E-state index in [0.717, 1.165) is 0 Å². The van der Waals surface area contributed by atoms with E-state index in [4.69, 9.17) is 16.6 Å². The highest BCUT2D eigenvalue weighted by Gasteiger charge is 2.36. The fourth-order valence-corrected chi connectivity index (χ4v) is 7.41. The SMILES string of the molecule is CC(C)C[C@H](NC(=O)[C@H](CC(C)C)NC(=O)[C@H](Cc1c[nH]c2ccccc12)NC(=O)[C@H](CC(N)=O)NC(=O)[C@@H](NC(=O)[C@H](Cc1ccccc1)NC(=O)[C@@H](N)CC(=O)O)C(C)C)C(=O)N[C@@H](C)C(=O)O. The fraction of sp³-hybridized carbons (Fsp3) is 0.500. The van der Waals surface area contributed by atoms with Crippen molar-refractivity contribution in [2.24, 2.45) is 29.2 Å². The van der Waals surface area contributed by atoms with Crippen LogP contribution in [0.4, 0.5) is 0 Å². The molecule has 0 bridgehead atoms. The molecule has 0 saturated carbocycles. The van der Waals surface area contributed by atoms with Crippen LogP contribution in [0.15, 0.2) is 60.8 Å². The zero-order valence-electron chi connectivity index (χ0n) is 40.5. The van der Waals surface area contributed by atoms with E-state index in [9.17, 15) is 53.1 Å². The van der Waals surface area contributed by atoms with E-state index in [1.807, 2.05) is 0 Å². The number of amides is 8. The molecule has 8 atom stereocenters. The first-order chi connectivity index (χ1) is 32.9. The molecular formula is C48H68N10O12. The Morgan fingerprint density at radius 3 is 1.56 bits per heavy atom. The fourth-order valence-electron chi connectivity index (χ4n) is 7.41. The van der Waals surface area contributed by atoms with Gasteiger partial charge in [-0.25, -0.2) is 0 Å². The molecular weight excluding hydrogens is 909 g/mol. The second-order valence-corrected chi connectivity index (χ2v) is 18.5. The predicted octanol–water partition coefficient (Wildman–Crippen LogP) is -0.123. The molecule has 0 unspecified atom stereocenters. The highest BCUT2D eigenvalue weighted by molar-refractivity contribution is 5.99. The quantitative estimate of drug-likeness (QED) is 0.0452. The first kappa shape index (κ1) is 57.0. The first-order valence-corrected chi connectivity index (χ1v) is 23.1. The Bertz CT molecular complexity index is 2340. The van der Waals surface area contributed by atoms with Gasteiger partial charge in [0.25, 0.3) is 0 Å². The molecule has 0 aliphatic rings. The van der Waals surface area contributed by atoms with E-state index in [0.29, 0.717) is 22.0 Å². The normalized spacial score (nSPS) is 14.7. The molecule has 3 aromatic rings. The second-order valence-electron chi connectivity index (χ2n) is 18.5. The molecule has 3 rings (SSSR count). The Kier molecular flexibility index (Phi) is 22.0. The van der Waals surface area contributed by atoms with Crippen molar-refractivity contribution in [1.82, 2.24) is 42.2 Å². The van der Waals surface area contributed by atoms with Crippen molar-refractivity contribution in [3.63, 3.8) is 0 Å². The number of carbonyl (C=O) groups excluding carboxylic acids is 8. The number of para-hydroxylation sites is 1. The number of nitrogens with two attached hydrogens (primary N) is 2. The van der Waals surface area contributed by atoms with E-state index in [2.05, 4.69) is 42.2 Å². The Morgan fingerprint density at radius 1 is 0.543 bits per heavy atom. The molecule has 0 fully saturated rings. The molecule has 0 spiro atoms. The lowest BCUT2D eigenvalue weighted by Gasteiger charge is -2.29. The van der Waals surface area contributed by atoms with E-state index >= 15 is 0 Å². The molecule has 22 nitrogen and oxygen atoms in total. The Hall–Kier alpha value is -7.36. The monoisotopic (exact) mass is 977 g/mol. The molecule has 8 amide bonds. The maximum atomic E-state index is 14.5. The largest absolute Gasteiger partial charge is 0.481 e. The average Bonchev–Trinajstić information content (AvgIpc) is 3.68. The zero-order valence-corrected chi connectivity index (χ0v) is 40.5. The lowest BCUT2D eigenvalue weighted by atomic mass is 9.98. The van der Waals surface area contributed by atoms with Gasteiger partial charge < -0.3 is 63.9 Å². The Labute approximate surface area is 406 Å². The van der Waals surface area contributed by atoms with Gasteiger partial charge in [0.2, 0.25) is 47.3 Å². The molecule has 1 heterocycles. The highest BCUT2D eigenvalue weighted by Crippen LogP contribution is 2.20. The van der Waals surface area contributed by atoms with Gasteiger partial charge in [-0.15, -0.1) is 0 Å². The number of carboxylic acid groups (broad SMARTS) is 2. The minimum absolute atomic E-state index is 0.0700. The molecule has 0 aliphatic heterocycles. The summed E-state index contributed by atoms with van der Waals surface area (Å²) in [4.78, 5) is 135. The number of benzene rings is 2. The van der Waals surface area contributed by atoms with Crippen LogP contribution in [-0.2, 0) is 60.8 Å². The second kappa shape index (κ2) is 27.0. The van der Waals surface area contributed by atoms with Crippen LogP contribution in [-0.4, -0.2) is 123 Å². The molecule has 70 heavy (non-hydrogen) atoms. The van der Waals surface area contributed by atoms with E-state index < -0.39 is 126 Å². The number of carbonyl (C=O) groups is 10. The van der Waals surface area contributed by atoms with Crippen LogP contribution < -0.4 is 48.7 Å². The molecule has 2 aromatic carbocycles. The van der Waals surface area contributed by atoms with Crippen LogP contribution in [0.25, 0.3) is 10.9 Å². The number of hydrogen-bond acceptors (Lipinski definition) is 11. The third-order valence-electron chi connectivity index (χ3n) is 11.1. The summed E-state index contributed by atoms with van der Waals surface area (Å²) in [5, 5.41) is 37.1. The van der Waals surface area contributed by atoms with Gasteiger partial charge >= 0.3 is 11.9 Å².